The molecular formula is C70H137NO11S. The van der Waals surface area contributed by atoms with Crippen LogP contribution in [0.1, 0.15) is 373 Å². The van der Waals surface area contributed by atoms with Gasteiger partial charge in [0.05, 0.1) is 25.4 Å². The van der Waals surface area contributed by atoms with Crippen molar-refractivity contribution < 1.29 is 51.8 Å². The summed E-state index contributed by atoms with van der Waals surface area (Å²) in [4.78, 5) is 13.2. The SMILES string of the molecule is CCCCCCCCCCCCCC/C=C\CCCCCCCCCCCCCCCCCCC(=O)NC(COC1OC(CO)C(O)C(OS(=O)(=O)O)C1O)C(O)CCCCCCCCCCCCCCCCCCCCCCCCCC. The van der Waals surface area contributed by atoms with Gasteiger partial charge in [0.2, 0.25) is 5.91 Å². The Morgan fingerprint density at radius 2 is 0.771 bits per heavy atom. The molecule has 6 N–H and O–H groups in total. The maximum atomic E-state index is 13.2. The summed E-state index contributed by atoms with van der Waals surface area (Å²) in [5, 5.41) is 45.4. The maximum absolute atomic E-state index is 13.2. The fourth-order valence-electron chi connectivity index (χ4n) is 12.0. The standard InChI is InChI=1S/C70H137NO11S/c1-3-5-7-9-11-13-15-17-19-21-23-25-27-29-30-31-32-33-34-35-36-38-40-42-44-46-48-50-52-54-56-58-60-66(74)71-63(62-80-70-68(76)69(82-83(77,78)79)67(75)65(61-72)81-70)64(73)59-57-55-53-51-49-47-45-43-41-39-37-28-26-24-22-20-18-16-14-12-10-8-6-4-2/h29-30,63-65,67-70,72-73,75-76H,3-28,31-62H2,1-2H3,(H,71,74)(H,77,78,79)/b30-29-. The van der Waals surface area contributed by atoms with Gasteiger partial charge in [0.1, 0.15) is 24.4 Å². The Hall–Kier alpha value is -1.16. The van der Waals surface area contributed by atoms with Crippen molar-refractivity contribution >= 4 is 16.3 Å². The lowest BCUT2D eigenvalue weighted by Crippen LogP contribution is -2.61. The van der Waals surface area contributed by atoms with E-state index in [1.54, 1.807) is 0 Å². The number of ether oxygens (including phenoxy) is 2. The molecule has 0 aromatic carbocycles. The van der Waals surface area contributed by atoms with E-state index in [2.05, 4.69) is 35.5 Å². The molecule has 1 aliphatic rings. The molecule has 83 heavy (non-hydrogen) atoms. The summed E-state index contributed by atoms with van der Waals surface area (Å²) in [5.74, 6) is -0.221. The molecule has 1 aliphatic heterocycles. The average molecular weight is 1200 g/mol. The Morgan fingerprint density at radius 3 is 1.08 bits per heavy atom. The lowest BCUT2D eigenvalue weighted by molar-refractivity contribution is -0.298. The number of hydrogen-bond acceptors (Lipinski definition) is 10. The topological polar surface area (TPSA) is 192 Å². The van der Waals surface area contributed by atoms with E-state index in [1.165, 1.54) is 295 Å². The quantitative estimate of drug-likeness (QED) is 0.0193. The van der Waals surface area contributed by atoms with Gasteiger partial charge in [-0.2, -0.15) is 8.42 Å². The van der Waals surface area contributed by atoms with Gasteiger partial charge in [0.15, 0.2) is 6.29 Å². The first-order chi connectivity index (χ1) is 40.5. The number of unbranched alkanes of at least 4 members (excludes halogenated alkanes) is 51. The van der Waals surface area contributed by atoms with Crippen molar-refractivity contribution in [3.05, 3.63) is 12.2 Å². The van der Waals surface area contributed by atoms with Crippen LogP contribution in [-0.4, -0.2) is 95.4 Å². The fraction of sp³-hybridized carbons (Fsp3) is 0.957. The number of amides is 1. The lowest BCUT2D eigenvalue weighted by atomic mass is 9.99. The Morgan fingerprint density at radius 1 is 0.470 bits per heavy atom. The van der Waals surface area contributed by atoms with E-state index in [-0.39, 0.29) is 12.5 Å². The molecule has 494 valence electrons. The minimum Gasteiger partial charge on any atom is -0.394 e. The van der Waals surface area contributed by atoms with Gasteiger partial charge in [0.25, 0.3) is 0 Å². The summed E-state index contributed by atoms with van der Waals surface area (Å²) >= 11 is 0. The molecule has 0 spiro atoms. The zero-order valence-electron chi connectivity index (χ0n) is 54.3. The van der Waals surface area contributed by atoms with Crippen LogP contribution in [0.5, 0.6) is 0 Å². The fourth-order valence-corrected chi connectivity index (χ4v) is 12.6. The van der Waals surface area contributed by atoms with E-state index in [1.807, 2.05) is 0 Å². The van der Waals surface area contributed by atoms with Crippen LogP contribution in [0.3, 0.4) is 0 Å². The van der Waals surface area contributed by atoms with E-state index in [4.69, 9.17) is 9.47 Å². The second-order valence-electron chi connectivity index (χ2n) is 25.5. The predicted octanol–water partition coefficient (Wildman–Crippen LogP) is 18.9. The van der Waals surface area contributed by atoms with Crippen molar-refractivity contribution in [3.8, 4) is 0 Å². The van der Waals surface area contributed by atoms with Crippen LogP contribution >= 0.6 is 0 Å². The number of allylic oxidation sites excluding steroid dienone is 2. The average Bonchev–Trinajstić information content (AvgIpc) is 3.56. The first kappa shape index (κ1) is 79.9. The van der Waals surface area contributed by atoms with Crippen LogP contribution < -0.4 is 5.32 Å². The Labute approximate surface area is 512 Å². The number of aliphatic hydroxyl groups is 4. The van der Waals surface area contributed by atoms with Crippen LogP contribution in [0.4, 0.5) is 0 Å². The van der Waals surface area contributed by atoms with Crippen molar-refractivity contribution in [3.63, 3.8) is 0 Å². The van der Waals surface area contributed by atoms with Crippen LogP contribution in [0.2, 0.25) is 0 Å². The van der Waals surface area contributed by atoms with Crippen LogP contribution in [-0.2, 0) is 28.9 Å². The summed E-state index contributed by atoms with van der Waals surface area (Å²) in [7, 11) is -5.08. The van der Waals surface area contributed by atoms with Crippen molar-refractivity contribution in [1.29, 1.82) is 0 Å². The molecule has 12 nitrogen and oxygen atoms in total. The normalized spacial score (nSPS) is 18.4. The summed E-state index contributed by atoms with van der Waals surface area (Å²) in [5.41, 5.74) is 0. The molecule has 1 rings (SSSR count). The van der Waals surface area contributed by atoms with Crippen LogP contribution in [0.15, 0.2) is 12.2 Å². The highest BCUT2D eigenvalue weighted by molar-refractivity contribution is 7.80. The number of carbonyl (C=O) groups is 1. The monoisotopic (exact) mass is 1200 g/mol. The molecular weight excluding hydrogens is 1060 g/mol. The highest BCUT2D eigenvalue weighted by atomic mass is 32.3. The third kappa shape index (κ3) is 51.4. The van der Waals surface area contributed by atoms with E-state index in [0.717, 1.165) is 51.4 Å². The molecule has 0 saturated carbocycles. The van der Waals surface area contributed by atoms with Crippen molar-refractivity contribution in [2.24, 2.45) is 0 Å². The van der Waals surface area contributed by atoms with Gasteiger partial charge in [0, 0.05) is 6.42 Å². The number of hydrogen-bond donors (Lipinski definition) is 6. The van der Waals surface area contributed by atoms with Gasteiger partial charge in [-0.15, -0.1) is 0 Å². The number of nitrogens with one attached hydrogen (secondary N) is 1. The van der Waals surface area contributed by atoms with E-state index in [0.29, 0.717) is 12.8 Å². The number of aliphatic hydroxyl groups excluding tert-OH is 4. The largest absolute Gasteiger partial charge is 0.397 e. The summed E-state index contributed by atoms with van der Waals surface area (Å²) in [6.07, 6.45) is 66.8. The van der Waals surface area contributed by atoms with Gasteiger partial charge < -0.3 is 35.2 Å². The van der Waals surface area contributed by atoms with E-state index < -0.39 is 59.9 Å². The van der Waals surface area contributed by atoms with Gasteiger partial charge in [-0.1, -0.05) is 341 Å². The van der Waals surface area contributed by atoms with E-state index >= 15 is 0 Å². The molecule has 7 atom stereocenters. The first-order valence-corrected chi connectivity index (χ1v) is 37.4. The summed E-state index contributed by atoms with van der Waals surface area (Å²) < 4.78 is 48.1. The molecule has 0 aromatic rings. The molecule has 1 heterocycles. The van der Waals surface area contributed by atoms with Crippen LogP contribution in [0.25, 0.3) is 0 Å². The molecule has 0 radical (unpaired) electrons. The Bertz CT molecular complexity index is 1500. The zero-order valence-corrected chi connectivity index (χ0v) is 55.1. The summed E-state index contributed by atoms with van der Waals surface area (Å²) in [6.45, 7) is 3.53. The molecule has 0 aromatic heterocycles. The minimum atomic E-state index is -5.08. The highest BCUT2D eigenvalue weighted by Crippen LogP contribution is 2.27. The first-order valence-electron chi connectivity index (χ1n) is 36.1. The molecule has 13 heteroatoms. The predicted molar refractivity (Wildman–Crippen MR) is 347 cm³/mol. The maximum Gasteiger partial charge on any atom is 0.397 e. The third-order valence-electron chi connectivity index (χ3n) is 17.6. The van der Waals surface area contributed by atoms with E-state index in [9.17, 15) is 38.2 Å². The van der Waals surface area contributed by atoms with Gasteiger partial charge >= 0.3 is 10.4 Å². The lowest BCUT2D eigenvalue weighted by Gasteiger charge is -2.41. The van der Waals surface area contributed by atoms with Crippen LogP contribution in [0, 0.1) is 0 Å². The Kier molecular flexibility index (Phi) is 57.5. The number of rotatable bonds is 65. The molecule has 1 saturated heterocycles. The smallest absolute Gasteiger partial charge is 0.394 e. The second-order valence-corrected chi connectivity index (χ2v) is 26.6. The molecule has 0 aliphatic carbocycles. The minimum absolute atomic E-state index is 0.221. The van der Waals surface area contributed by atoms with Crippen molar-refractivity contribution in [1.82, 2.24) is 5.32 Å². The summed E-state index contributed by atoms with van der Waals surface area (Å²) in [6, 6.07) is -0.857. The molecule has 1 fully saturated rings. The van der Waals surface area contributed by atoms with Crippen molar-refractivity contribution in [2.75, 3.05) is 13.2 Å². The van der Waals surface area contributed by atoms with Gasteiger partial charge in [-0.3, -0.25) is 9.35 Å². The Balaban J connectivity index is 2.21. The van der Waals surface area contributed by atoms with Crippen molar-refractivity contribution in [2.45, 2.75) is 416 Å². The zero-order chi connectivity index (χ0) is 60.4. The van der Waals surface area contributed by atoms with Gasteiger partial charge in [-0.05, 0) is 38.5 Å². The third-order valence-corrected chi connectivity index (χ3v) is 18.0. The molecule has 0 bridgehead atoms. The molecule has 1 amide bonds. The second kappa shape index (κ2) is 59.8. The molecule has 7 unspecified atom stereocenters. The van der Waals surface area contributed by atoms with Gasteiger partial charge in [-0.25, -0.2) is 4.18 Å². The highest BCUT2D eigenvalue weighted by Gasteiger charge is 2.48. The number of carbonyl (C=O) groups excluding carboxylic acids is 1.